The lowest BCUT2D eigenvalue weighted by atomic mass is 10.0. The van der Waals surface area contributed by atoms with Gasteiger partial charge in [0.15, 0.2) is 17.0 Å². The van der Waals surface area contributed by atoms with Gasteiger partial charge >= 0.3 is 5.97 Å². The molecule has 0 fully saturated rings. The second-order valence-corrected chi connectivity index (χ2v) is 5.33. The number of carboxylic acids is 1. The quantitative estimate of drug-likeness (QED) is 0.678. The summed E-state index contributed by atoms with van der Waals surface area (Å²) in [6.45, 7) is 3.70. The van der Waals surface area contributed by atoms with Crippen LogP contribution in [0.5, 0.6) is 5.75 Å². The van der Waals surface area contributed by atoms with E-state index >= 15 is 0 Å². The van der Waals surface area contributed by atoms with Crippen molar-refractivity contribution >= 4 is 17.1 Å². The molecule has 0 atom stereocenters. The second-order valence-electron chi connectivity index (χ2n) is 5.33. The molecule has 0 aliphatic heterocycles. The fourth-order valence-electron chi connectivity index (χ4n) is 2.70. The van der Waals surface area contributed by atoms with Crippen molar-refractivity contribution in [3.8, 4) is 17.0 Å². The number of hydrogen-bond donors (Lipinski definition) is 3. The molecule has 0 saturated heterocycles. The smallest absolute Gasteiger partial charge is 0.345 e. The summed E-state index contributed by atoms with van der Waals surface area (Å²) < 4.78 is 5.62. The van der Waals surface area contributed by atoms with Crippen LogP contribution in [0.2, 0.25) is 0 Å². The minimum atomic E-state index is -1.46. The number of aromatic hydroxyl groups is 1. The summed E-state index contributed by atoms with van der Waals surface area (Å²) in [5, 5.41) is 19.3. The van der Waals surface area contributed by atoms with Crippen molar-refractivity contribution in [3.05, 3.63) is 45.6 Å². The number of carbonyl (C=O) groups is 1. The monoisotopic (exact) mass is 328 g/mol. The van der Waals surface area contributed by atoms with E-state index in [2.05, 4.69) is 9.97 Å². The number of aryl methyl sites for hydroxylation is 1. The first kappa shape index (κ1) is 15.8. The predicted molar refractivity (Wildman–Crippen MR) is 87.4 cm³/mol. The Morgan fingerprint density at radius 1 is 1.29 bits per heavy atom. The maximum atomic E-state index is 12.0. The molecule has 2 heterocycles. The number of oxazole rings is 1. The van der Waals surface area contributed by atoms with E-state index < -0.39 is 22.8 Å². The van der Waals surface area contributed by atoms with Crippen LogP contribution in [0.1, 0.15) is 35.7 Å². The first-order valence-electron chi connectivity index (χ1n) is 7.57. The van der Waals surface area contributed by atoms with E-state index in [4.69, 9.17) is 9.52 Å². The maximum absolute atomic E-state index is 12.0. The van der Waals surface area contributed by atoms with Crippen LogP contribution in [0.4, 0.5) is 0 Å². The summed E-state index contributed by atoms with van der Waals surface area (Å²) in [7, 11) is 0. The van der Waals surface area contributed by atoms with Crippen LogP contribution in [0.15, 0.2) is 27.4 Å². The van der Waals surface area contributed by atoms with Crippen LogP contribution < -0.4 is 5.56 Å². The fraction of sp³-hybridized carbons (Fsp3) is 0.235. The van der Waals surface area contributed by atoms with Crippen molar-refractivity contribution < 1.29 is 19.4 Å². The number of rotatable bonds is 4. The third-order valence-electron chi connectivity index (χ3n) is 3.88. The molecule has 0 unspecified atom stereocenters. The highest BCUT2D eigenvalue weighted by atomic mass is 16.4. The molecule has 24 heavy (non-hydrogen) atoms. The Morgan fingerprint density at radius 2 is 2.04 bits per heavy atom. The number of carboxylic acid groups (broad SMARTS) is 1. The lowest BCUT2D eigenvalue weighted by Crippen LogP contribution is -2.20. The molecule has 0 aliphatic rings. The molecule has 124 valence electrons. The zero-order valence-corrected chi connectivity index (χ0v) is 13.2. The number of aromatic nitrogens is 2. The van der Waals surface area contributed by atoms with Gasteiger partial charge in [-0.2, -0.15) is 0 Å². The Morgan fingerprint density at radius 3 is 2.67 bits per heavy atom. The standard InChI is InChI=1S/C17H16N2O5/c1-3-9-14(19-16(21)13(15(9)20)17(22)23)8-5-6-10-11(7-8)24-12(4-2)18-10/h5-7H,3-4H2,1-2H3,(H,22,23)(H2,19,20,21). The summed E-state index contributed by atoms with van der Waals surface area (Å²) in [5.41, 5.74) is 1.12. The van der Waals surface area contributed by atoms with Crippen molar-refractivity contribution in [1.29, 1.82) is 0 Å². The van der Waals surface area contributed by atoms with Gasteiger partial charge in [-0.3, -0.25) is 4.79 Å². The summed E-state index contributed by atoms with van der Waals surface area (Å²) in [4.78, 5) is 30.1. The first-order valence-corrected chi connectivity index (χ1v) is 7.57. The van der Waals surface area contributed by atoms with Gasteiger partial charge in [0.25, 0.3) is 5.56 Å². The zero-order chi connectivity index (χ0) is 17.4. The van der Waals surface area contributed by atoms with E-state index in [0.717, 1.165) is 0 Å². The zero-order valence-electron chi connectivity index (χ0n) is 13.2. The van der Waals surface area contributed by atoms with E-state index in [1.165, 1.54) is 0 Å². The molecule has 1 aromatic carbocycles. The molecule has 3 rings (SSSR count). The SMILES string of the molecule is CCc1nc2ccc(-c3[nH]c(=O)c(C(=O)O)c(O)c3CC)cc2o1. The Hall–Kier alpha value is -3.09. The van der Waals surface area contributed by atoms with Crippen LogP contribution in [0, 0.1) is 0 Å². The first-order chi connectivity index (χ1) is 11.5. The molecule has 0 spiro atoms. The second kappa shape index (κ2) is 5.84. The van der Waals surface area contributed by atoms with Gasteiger partial charge in [-0.05, 0) is 18.6 Å². The average Bonchev–Trinajstić information content (AvgIpc) is 2.96. The van der Waals surface area contributed by atoms with Crippen LogP contribution in [-0.2, 0) is 12.8 Å². The third-order valence-corrected chi connectivity index (χ3v) is 3.88. The van der Waals surface area contributed by atoms with Gasteiger partial charge in [-0.1, -0.05) is 19.9 Å². The van der Waals surface area contributed by atoms with Gasteiger partial charge in [0.1, 0.15) is 11.3 Å². The van der Waals surface area contributed by atoms with E-state index in [-0.39, 0.29) is 0 Å². The van der Waals surface area contributed by atoms with Crippen molar-refractivity contribution in [2.45, 2.75) is 26.7 Å². The minimum Gasteiger partial charge on any atom is -0.506 e. The molecule has 3 aromatic rings. The van der Waals surface area contributed by atoms with Gasteiger partial charge in [0, 0.05) is 17.5 Å². The Balaban J connectivity index is 2.25. The number of aromatic amines is 1. The average molecular weight is 328 g/mol. The highest BCUT2D eigenvalue weighted by Gasteiger charge is 2.22. The molecule has 0 amide bonds. The molecule has 0 radical (unpaired) electrons. The molecular weight excluding hydrogens is 312 g/mol. The molecule has 3 N–H and O–H groups in total. The van der Waals surface area contributed by atoms with Crippen molar-refractivity contribution in [2.75, 3.05) is 0 Å². The molecule has 7 heteroatoms. The summed E-state index contributed by atoms with van der Waals surface area (Å²) in [6, 6.07) is 5.22. The van der Waals surface area contributed by atoms with Gasteiger partial charge in [0.05, 0.1) is 5.69 Å². The highest BCUT2D eigenvalue weighted by Crippen LogP contribution is 2.31. The summed E-state index contributed by atoms with van der Waals surface area (Å²) in [5.74, 6) is -1.36. The third kappa shape index (κ3) is 2.44. The van der Waals surface area contributed by atoms with E-state index in [1.54, 1.807) is 25.1 Å². The number of aromatic carboxylic acids is 1. The maximum Gasteiger partial charge on any atom is 0.345 e. The number of fused-ring (bicyclic) bond motifs is 1. The van der Waals surface area contributed by atoms with Crippen molar-refractivity contribution in [1.82, 2.24) is 9.97 Å². The number of nitrogens with one attached hydrogen (secondary N) is 1. The van der Waals surface area contributed by atoms with Crippen LogP contribution in [0.25, 0.3) is 22.4 Å². The number of benzene rings is 1. The predicted octanol–water partition coefficient (Wildman–Crippen LogP) is 2.71. The molecule has 0 aliphatic carbocycles. The van der Waals surface area contributed by atoms with Crippen LogP contribution >= 0.6 is 0 Å². The minimum absolute atomic E-state index is 0.354. The molecule has 7 nitrogen and oxygen atoms in total. The van der Waals surface area contributed by atoms with Gasteiger partial charge in [-0.15, -0.1) is 0 Å². The topological polar surface area (TPSA) is 116 Å². The van der Waals surface area contributed by atoms with Crippen LogP contribution in [0.3, 0.4) is 0 Å². The number of pyridine rings is 1. The largest absolute Gasteiger partial charge is 0.506 e. The Kier molecular flexibility index (Phi) is 3.84. The summed E-state index contributed by atoms with van der Waals surface area (Å²) >= 11 is 0. The molecule has 0 bridgehead atoms. The number of H-pyrrole nitrogens is 1. The number of hydrogen-bond acceptors (Lipinski definition) is 5. The van der Waals surface area contributed by atoms with Crippen molar-refractivity contribution in [3.63, 3.8) is 0 Å². The van der Waals surface area contributed by atoms with E-state index in [0.29, 0.717) is 46.7 Å². The van der Waals surface area contributed by atoms with Crippen LogP contribution in [-0.4, -0.2) is 26.2 Å². The lowest BCUT2D eigenvalue weighted by Gasteiger charge is -2.11. The number of nitrogens with zero attached hydrogens (tertiary/aromatic N) is 1. The van der Waals surface area contributed by atoms with E-state index in [9.17, 15) is 14.7 Å². The normalized spacial score (nSPS) is 11.1. The summed E-state index contributed by atoms with van der Waals surface area (Å²) in [6.07, 6.45) is 1.02. The van der Waals surface area contributed by atoms with Gasteiger partial charge < -0.3 is 19.6 Å². The Bertz CT molecular complexity index is 1000. The fourth-order valence-corrected chi connectivity index (χ4v) is 2.70. The van der Waals surface area contributed by atoms with Gasteiger partial charge in [0.2, 0.25) is 0 Å². The van der Waals surface area contributed by atoms with E-state index in [1.807, 2.05) is 6.92 Å². The molecular formula is C17H16N2O5. The molecule has 0 saturated carbocycles. The Labute approximate surface area is 136 Å². The highest BCUT2D eigenvalue weighted by molar-refractivity contribution is 5.92. The van der Waals surface area contributed by atoms with Gasteiger partial charge in [-0.25, -0.2) is 9.78 Å². The van der Waals surface area contributed by atoms with Crippen molar-refractivity contribution in [2.24, 2.45) is 0 Å². The molecule has 2 aromatic heterocycles. The lowest BCUT2D eigenvalue weighted by molar-refractivity contribution is 0.0691.